The Morgan fingerprint density at radius 2 is 1.93 bits per heavy atom. The highest BCUT2D eigenvalue weighted by molar-refractivity contribution is 5.61. The number of piperidine rings is 1. The molecule has 3 fully saturated rings. The molecule has 2 N–H and O–H groups in total. The standard InChI is InChI=1S/C12H14F2N4.C8H13NO/c1-7(2)18-4-3-10(17-18)8-5-9(11(13)14)12(15)16-6-8;1-6-2-9(3-7(1)6)8-4-10-5-8/h3-7,11H,1-2H3,(H2,15,16);6-8H,1-5H2. The van der Waals surface area contributed by atoms with E-state index in [0.717, 1.165) is 31.1 Å². The Morgan fingerprint density at radius 1 is 1.21 bits per heavy atom. The smallest absolute Gasteiger partial charge is 0.267 e. The van der Waals surface area contributed by atoms with Gasteiger partial charge in [0.05, 0.1) is 30.5 Å². The summed E-state index contributed by atoms with van der Waals surface area (Å²) in [6, 6.07) is 4.12. The van der Waals surface area contributed by atoms with Gasteiger partial charge in [-0.05, 0) is 44.2 Å². The highest BCUT2D eigenvalue weighted by Gasteiger charge is 2.47. The summed E-state index contributed by atoms with van der Waals surface area (Å²) in [7, 11) is 0. The Kier molecular flexibility index (Phi) is 5.33. The van der Waals surface area contributed by atoms with Gasteiger partial charge >= 0.3 is 0 Å². The Bertz CT molecular complexity index is 811. The van der Waals surface area contributed by atoms with E-state index in [1.165, 1.54) is 31.8 Å². The number of anilines is 1. The molecule has 6 nitrogen and oxygen atoms in total. The summed E-state index contributed by atoms with van der Waals surface area (Å²) in [5.74, 6) is 2.03. The number of hydrogen-bond donors (Lipinski definition) is 1. The molecule has 28 heavy (non-hydrogen) atoms. The Hall–Kier alpha value is -2.06. The maximum atomic E-state index is 12.7. The third kappa shape index (κ3) is 4.03. The number of rotatable bonds is 4. The molecule has 2 aromatic heterocycles. The zero-order chi connectivity index (χ0) is 19.8. The van der Waals surface area contributed by atoms with Crippen LogP contribution in [0.15, 0.2) is 24.5 Å². The summed E-state index contributed by atoms with van der Waals surface area (Å²) in [5, 5.41) is 4.30. The zero-order valence-electron chi connectivity index (χ0n) is 16.3. The quantitative estimate of drug-likeness (QED) is 0.865. The van der Waals surface area contributed by atoms with Crippen molar-refractivity contribution in [2.24, 2.45) is 11.8 Å². The number of pyridine rings is 1. The minimum Gasteiger partial charge on any atom is -0.383 e. The number of alkyl halides is 2. The summed E-state index contributed by atoms with van der Waals surface area (Å²) >= 11 is 0. The molecule has 0 amide bonds. The summed E-state index contributed by atoms with van der Waals surface area (Å²) in [5.41, 5.74) is 6.30. The molecule has 0 bridgehead atoms. The van der Waals surface area contributed by atoms with Gasteiger partial charge in [-0.25, -0.2) is 13.8 Å². The molecule has 4 heterocycles. The number of aromatic nitrogens is 3. The van der Waals surface area contributed by atoms with Crippen molar-refractivity contribution in [1.29, 1.82) is 0 Å². The summed E-state index contributed by atoms with van der Waals surface area (Å²) in [4.78, 5) is 6.39. The van der Waals surface area contributed by atoms with Crippen molar-refractivity contribution in [2.45, 2.75) is 38.8 Å². The van der Waals surface area contributed by atoms with E-state index < -0.39 is 6.43 Å². The van der Waals surface area contributed by atoms with E-state index in [9.17, 15) is 8.78 Å². The summed E-state index contributed by atoms with van der Waals surface area (Å²) in [6.45, 7) is 8.72. The lowest BCUT2D eigenvalue weighted by Gasteiger charge is -2.35. The van der Waals surface area contributed by atoms with Crippen molar-refractivity contribution < 1.29 is 13.5 Å². The number of nitrogens with zero attached hydrogens (tertiary/aromatic N) is 4. The van der Waals surface area contributed by atoms with Gasteiger partial charge in [-0.2, -0.15) is 5.10 Å². The molecule has 0 aromatic carbocycles. The normalized spacial score (nSPS) is 24.1. The fraction of sp³-hybridized carbons (Fsp3) is 0.600. The Balaban J connectivity index is 0.000000159. The molecule has 1 aliphatic carbocycles. The zero-order valence-corrected chi connectivity index (χ0v) is 16.3. The van der Waals surface area contributed by atoms with E-state index in [-0.39, 0.29) is 17.4 Å². The van der Waals surface area contributed by atoms with Crippen LogP contribution in [0.25, 0.3) is 11.3 Å². The van der Waals surface area contributed by atoms with Crippen LogP contribution in [0.3, 0.4) is 0 Å². The molecule has 2 atom stereocenters. The number of fused-ring (bicyclic) bond motifs is 1. The van der Waals surface area contributed by atoms with Crippen LogP contribution in [-0.2, 0) is 4.74 Å². The molecule has 5 rings (SSSR count). The average Bonchev–Trinajstić information content (AvgIpc) is 3.02. The molecule has 2 aliphatic heterocycles. The largest absolute Gasteiger partial charge is 0.383 e. The monoisotopic (exact) mass is 391 g/mol. The maximum Gasteiger partial charge on any atom is 0.267 e. The fourth-order valence-electron chi connectivity index (χ4n) is 3.75. The van der Waals surface area contributed by atoms with Crippen molar-refractivity contribution in [3.8, 4) is 11.3 Å². The number of nitrogens with two attached hydrogens (primary N) is 1. The Morgan fingerprint density at radius 3 is 2.46 bits per heavy atom. The van der Waals surface area contributed by atoms with Crippen molar-refractivity contribution in [1.82, 2.24) is 19.7 Å². The second-order valence-electron chi connectivity index (χ2n) is 8.17. The van der Waals surface area contributed by atoms with Gasteiger partial charge in [0.2, 0.25) is 0 Å². The molecule has 2 unspecified atom stereocenters. The molecular weight excluding hydrogens is 364 g/mol. The van der Waals surface area contributed by atoms with E-state index in [4.69, 9.17) is 10.5 Å². The predicted molar refractivity (Wildman–Crippen MR) is 103 cm³/mol. The molecular formula is C20H27F2N5O. The van der Waals surface area contributed by atoms with Crippen molar-refractivity contribution in [2.75, 3.05) is 32.0 Å². The highest BCUT2D eigenvalue weighted by atomic mass is 19.3. The third-order valence-electron chi connectivity index (χ3n) is 5.76. The molecule has 0 spiro atoms. The number of halogens is 2. The first kappa shape index (κ1) is 19.3. The number of likely N-dealkylation sites (tertiary alicyclic amines) is 1. The van der Waals surface area contributed by atoms with Gasteiger partial charge in [-0.15, -0.1) is 0 Å². The van der Waals surface area contributed by atoms with Gasteiger partial charge in [0, 0.05) is 37.1 Å². The van der Waals surface area contributed by atoms with Gasteiger partial charge < -0.3 is 10.5 Å². The van der Waals surface area contributed by atoms with Crippen LogP contribution < -0.4 is 5.73 Å². The van der Waals surface area contributed by atoms with Crippen molar-refractivity contribution in [3.05, 3.63) is 30.1 Å². The number of ether oxygens (including phenoxy) is 1. The minimum absolute atomic E-state index is 0.142. The van der Waals surface area contributed by atoms with Crippen molar-refractivity contribution >= 4 is 5.82 Å². The lowest BCUT2D eigenvalue weighted by molar-refractivity contribution is -0.0605. The number of nitrogen functional groups attached to an aromatic ring is 1. The molecule has 2 aromatic rings. The van der Waals surface area contributed by atoms with Gasteiger partial charge in [-0.1, -0.05) is 0 Å². The van der Waals surface area contributed by atoms with Crippen LogP contribution in [-0.4, -0.2) is 52.0 Å². The van der Waals surface area contributed by atoms with Crippen molar-refractivity contribution in [3.63, 3.8) is 0 Å². The average molecular weight is 391 g/mol. The molecule has 2 saturated heterocycles. The van der Waals surface area contributed by atoms with Gasteiger partial charge in [0.1, 0.15) is 5.82 Å². The Labute approximate surface area is 163 Å². The van der Waals surface area contributed by atoms with E-state index in [1.807, 2.05) is 13.8 Å². The lowest BCUT2D eigenvalue weighted by Crippen LogP contribution is -2.48. The fourth-order valence-corrected chi connectivity index (χ4v) is 3.75. The van der Waals surface area contributed by atoms with E-state index in [0.29, 0.717) is 11.3 Å². The lowest BCUT2D eigenvalue weighted by atomic mass is 10.1. The van der Waals surface area contributed by atoms with Crippen LogP contribution >= 0.6 is 0 Å². The van der Waals surface area contributed by atoms with Gasteiger partial charge in [0.25, 0.3) is 6.43 Å². The first-order valence-electron chi connectivity index (χ1n) is 9.83. The summed E-state index contributed by atoms with van der Waals surface area (Å²) < 4.78 is 32.3. The second kappa shape index (κ2) is 7.75. The van der Waals surface area contributed by atoms with Gasteiger partial charge in [-0.3, -0.25) is 9.58 Å². The molecule has 1 saturated carbocycles. The van der Waals surface area contributed by atoms with Crippen LogP contribution in [0.4, 0.5) is 14.6 Å². The first-order valence-corrected chi connectivity index (χ1v) is 9.83. The van der Waals surface area contributed by atoms with Gasteiger partial charge in [0.15, 0.2) is 0 Å². The second-order valence-corrected chi connectivity index (χ2v) is 8.17. The van der Waals surface area contributed by atoms with Crippen LogP contribution in [0, 0.1) is 11.8 Å². The predicted octanol–water partition coefficient (Wildman–Crippen LogP) is 3.38. The first-order chi connectivity index (χ1) is 13.4. The van der Waals surface area contributed by atoms with E-state index in [1.54, 1.807) is 16.9 Å². The van der Waals surface area contributed by atoms with E-state index in [2.05, 4.69) is 15.0 Å². The molecule has 3 aliphatic rings. The third-order valence-corrected chi connectivity index (χ3v) is 5.76. The SMILES string of the molecule is C1C2CN(C3COC3)CC12.CC(C)n1ccc(-c2cnc(N)c(C(F)F)c2)n1. The highest BCUT2D eigenvalue weighted by Crippen LogP contribution is 2.45. The van der Waals surface area contributed by atoms with Crippen LogP contribution in [0.2, 0.25) is 0 Å². The van der Waals surface area contributed by atoms with E-state index >= 15 is 0 Å². The molecule has 0 radical (unpaired) electrons. The summed E-state index contributed by atoms with van der Waals surface area (Å²) in [6.07, 6.45) is 2.14. The topological polar surface area (TPSA) is 69.2 Å². The van der Waals surface area contributed by atoms with Crippen LogP contribution in [0.5, 0.6) is 0 Å². The molecule has 152 valence electrons. The minimum atomic E-state index is -2.63. The van der Waals surface area contributed by atoms with Crippen LogP contribution in [0.1, 0.15) is 38.3 Å². The maximum absolute atomic E-state index is 12.7. The molecule has 8 heteroatoms. The number of hydrogen-bond acceptors (Lipinski definition) is 5.